The van der Waals surface area contributed by atoms with Crippen molar-refractivity contribution in [3.63, 3.8) is 0 Å². The van der Waals surface area contributed by atoms with Gasteiger partial charge >= 0.3 is 0 Å². The van der Waals surface area contributed by atoms with Gasteiger partial charge in [-0.05, 0) is 58.4 Å². The van der Waals surface area contributed by atoms with Crippen molar-refractivity contribution in [2.45, 2.75) is 83.8 Å². The van der Waals surface area contributed by atoms with Crippen molar-refractivity contribution in [3.8, 4) is 0 Å². The van der Waals surface area contributed by atoms with Crippen molar-refractivity contribution in [3.05, 3.63) is 35.9 Å². The number of aryl methyl sites for hydroxylation is 1. The van der Waals surface area contributed by atoms with E-state index in [2.05, 4.69) is 29.6 Å². The molecule has 1 amide bonds. The highest BCUT2D eigenvalue weighted by atomic mass is 16.3. The molecule has 1 aliphatic carbocycles. The molecule has 1 aliphatic rings. The van der Waals surface area contributed by atoms with Crippen molar-refractivity contribution in [1.29, 1.82) is 0 Å². The number of aliphatic hydroxyl groups excluding tert-OH is 1. The Bertz CT molecular complexity index is 520. The zero-order chi connectivity index (χ0) is 17.6. The minimum atomic E-state index is -0.595. The fourth-order valence-electron chi connectivity index (χ4n) is 3.77. The van der Waals surface area contributed by atoms with E-state index >= 15 is 0 Å². The smallest absolute Gasteiger partial charge is 0.229 e. The average Bonchev–Trinajstić information content (AvgIpc) is 2.52. The maximum Gasteiger partial charge on any atom is 0.229 e. The van der Waals surface area contributed by atoms with Crippen LogP contribution in [0.15, 0.2) is 30.3 Å². The number of aliphatic hydroxyl groups is 1. The first-order valence-corrected chi connectivity index (χ1v) is 9.38. The van der Waals surface area contributed by atoms with E-state index in [0.717, 1.165) is 51.4 Å². The molecule has 0 radical (unpaired) electrons. The van der Waals surface area contributed by atoms with Crippen molar-refractivity contribution in [2.75, 3.05) is 0 Å². The van der Waals surface area contributed by atoms with E-state index in [1.807, 2.05) is 26.8 Å². The lowest BCUT2D eigenvalue weighted by molar-refractivity contribution is -0.144. The monoisotopic (exact) mass is 331 g/mol. The highest BCUT2D eigenvalue weighted by Crippen LogP contribution is 2.41. The molecule has 2 rings (SSSR count). The molecule has 134 valence electrons. The van der Waals surface area contributed by atoms with Gasteiger partial charge in [-0.1, -0.05) is 49.6 Å². The number of benzene rings is 1. The van der Waals surface area contributed by atoms with Crippen LogP contribution in [0.25, 0.3) is 0 Å². The first-order chi connectivity index (χ1) is 11.3. The molecule has 0 spiro atoms. The SMILES string of the molecule is CC(C)(C)NC(=O)[C@]1(CCCCc2ccccc2)CCCC[C@H]1O. The maximum atomic E-state index is 12.9. The lowest BCUT2D eigenvalue weighted by atomic mass is 9.67. The molecule has 24 heavy (non-hydrogen) atoms. The second-order valence-corrected chi connectivity index (χ2v) is 8.31. The minimum absolute atomic E-state index is 0.0434. The van der Waals surface area contributed by atoms with Gasteiger partial charge in [0.25, 0.3) is 0 Å². The van der Waals surface area contributed by atoms with Crippen molar-refractivity contribution in [1.82, 2.24) is 5.32 Å². The average molecular weight is 332 g/mol. The van der Waals surface area contributed by atoms with Gasteiger partial charge in [0.15, 0.2) is 0 Å². The summed E-state index contributed by atoms with van der Waals surface area (Å²) in [6.07, 6.45) is 6.95. The molecule has 2 N–H and O–H groups in total. The number of carbonyl (C=O) groups is 1. The predicted octanol–water partition coefficient (Wildman–Crippen LogP) is 4.24. The standard InChI is InChI=1S/C21H33NO2/c1-20(2,3)22-19(24)21(16-10-8-14-18(21)23)15-9-7-13-17-11-5-4-6-12-17/h4-6,11-12,18,23H,7-10,13-16H2,1-3H3,(H,22,24)/t18-,21-/m1/s1. The van der Waals surface area contributed by atoms with E-state index in [1.54, 1.807) is 0 Å². The third-order valence-electron chi connectivity index (χ3n) is 5.11. The zero-order valence-electron chi connectivity index (χ0n) is 15.5. The Balaban J connectivity index is 1.97. The normalized spacial score (nSPS) is 24.6. The molecule has 3 heteroatoms. The predicted molar refractivity (Wildman–Crippen MR) is 98.8 cm³/mol. The fraction of sp³-hybridized carbons (Fsp3) is 0.667. The van der Waals surface area contributed by atoms with Gasteiger partial charge in [0.2, 0.25) is 5.91 Å². The van der Waals surface area contributed by atoms with Crippen molar-refractivity contribution < 1.29 is 9.90 Å². The maximum absolute atomic E-state index is 12.9. The van der Waals surface area contributed by atoms with Crippen LogP contribution in [0.5, 0.6) is 0 Å². The van der Waals surface area contributed by atoms with Crippen LogP contribution in [-0.4, -0.2) is 22.7 Å². The lowest BCUT2D eigenvalue weighted by Gasteiger charge is -2.42. The fourth-order valence-corrected chi connectivity index (χ4v) is 3.77. The summed E-state index contributed by atoms with van der Waals surface area (Å²) in [4.78, 5) is 12.9. The largest absolute Gasteiger partial charge is 0.392 e. The molecule has 1 fully saturated rings. The second kappa shape index (κ2) is 8.15. The van der Waals surface area contributed by atoms with E-state index in [4.69, 9.17) is 0 Å². The van der Waals surface area contributed by atoms with Crippen LogP contribution in [0, 0.1) is 5.41 Å². The number of unbranched alkanes of at least 4 members (excludes halogenated alkanes) is 1. The summed E-state index contributed by atoms with van der Waals surface area (Å²) < 4.78 is 0. The molecule has 2 atom stereocenters. The molecule has 0 saturated heterocycles. The van der Waals surface area contributed by atoms with E-state index in [9.17, 15) is 9.90 Å². The summed E-state index contributed by atoms with van der Waals surface area (Å²) in [6, 6.07) is 10.5. The number of rotatable bonds is 6. The van der Waals surface area contributed by atoms with E-state index < -0.39 is 11.5 Å². The number of amides is 1. The highest BCUT2D eigenvalue weighted by molar-refractivity contribution is 5.84. The van der Waals surface area contributed by atoms with Gasteiger partial charge in [-0.2, -0.15) is 0 Å². The van der Waals surface area contributed by atoms with Crippen LogP contribution < -0.4 is 5.32 Å². The molecular weight excluding hydrogens is 298 g/mol. The van der Waals surface area contributed by atoms with Crippen LogP contribution in [-0.2, 0) is 11.2 Å². The topological polar surface area (TPSA) is 49.3 Å². The molecule has 0 aromatic heterocycles. The number of hydrogen-bond acceptors (Lipinski definition) is 2. The van der Waals surface area contributed by atoms with Gasteiger partial charge < -0.3 is 10.4 Å². The minimum Gasteiger partial charge on any atom is -0.392 e. The molecule has 0 bridgehead atoms. The molecular formula is C21H33NO2. The summed E-state index contributed by atoms with van der Waals surface area (Å²) >= 11 is 0. The number of hydrogen-bond donors (Lipinski definition) is 2. The van der Waals surface area contributed by atoms with Gasteiger partial charge in [0.1, 0.15) is 0 Å². The molecule has 1 saturated carbocycles. The summed E-state index contributed by atoms with van der Waals surface area (Å²) in [5.74, 6) is 0.0434. The molecule has 1 aromatic carbocycles. The van der Waals surface area contributed by atoms with Crippen LogP contribution in [0.2, 0.25) is 0 Å². The lowest BCUT2D eigenvalue weighted by Crippen LogP contribution is -2.55. The summed E-state index contributed by atoms with van der Waals surface area (Å²) in [5, 5.41) is 13.8. The van der Waals surface area contributed by atoms with E-state index in [-0.39, 0.29) is 11.4 Å². The molecule has 0 unspecified atom stereocenters. The second-order valence-electron chi connectivity index (χ2n) is 8.31. The Morgan fingerprint density at radius 1 is 1.21 bits per heavy atom. The summed E-state index contributed by atoms with van der Waals surface area (Å²) in [5.41, 5.74) is 0.489. The molecule has 1 aromatic rings. The summed E-state index contributed by atoms with van der Waals surface area (Å²) in [7, 11) is 0. The van der Waals surface area contributed by atoms with E-state index in [0.29, 0.717) is 0 Å². The zero-order valence-corrected chi connectivity index (χ0v) is 15.5. The first-order valence-electron chi connectivity index (χ1n) is 9.38. The molecule has 0 aliphatic heterocycles. The van der Waals surface area contributed by atoms with Crippen LogP contribution in [0.3, 0.4) is 0 Å². The number of carbonyl (C=O) groups excluding carboxylic acids is 1. The van der Waals surface area contributed by atoms with Gasteiger partial charge in [0, 0.05) is 5.54 Å². The van der Waals surface area contributed by atoms with Gasteiger partial charge in [-0.15, -0.1) is 0 Å². The van der Waals surface area contributed by atoms with E-state index in [1.165, 1.54) is 5.56 Å². The van der Waals surface area contributed by atoms with Gasteiger partial charge in [0.05, 0.1) is 11.5 Å². The quantitative estimate of drug-likeness (QED) is 0.766. The molecule has 0 heterocycles. The Labute approximate surface area is 146 Å². The highest BCUT2D eigenvalue weighted by Gasteiger charge is 2.46. The van der Waals surface area contributed by atoms with Crippen LogP contribution in [0.1, 0.15) is 71.3 Å². The molecule has 3 nitrogen and oxygen atoms in total. The van der Waals surface area contributed by atoms with Crippen molar-refractivity contribution >= 4 is 5.91 Å². The third kappa shape index (κ3) is 5.07. The third-order valence-corrected chi connectivity index (χ3v) is 5.11. The van der Waals surface area contributed by atoms with Crippen LogP contribution >= 0.6 is 0 Å². The first kappa shape index (κ1) is 19.0. The Morgan fingerprint density at radius 3 is 2.54 bits per heavy atom. The van der Waals surface area contributed by atoms with Crippen LogP contribution in [0.4, 0.5) is 0 Å². The Hall–Kier alpha value is -1.35. The Morgan fingerprint density at radius 2 is 1.92 bits per heavy atom. The number of nitrogens with one attached hydrogen (secondary N) is 1. The Kier molecular flexibility index (Phi) is 6.45. The van der Waals surface area contributed by atoms with Crippen molar-refractivity contribution in [2.24, 2.45) is 5.41 Å². The van der Waals surface area contributed by atoms with Gasteiger partial charge in [-0.3, -0.25) is 4.79 Å². The van der Waals surface area contributed by atoms with Gasteiger partial charge in [-0.25, -0.2) is 0 Å². The summed E-state index contributed by atoms with van der Waals surface area (Å²) in [6.45, 7) is 6.01.